The Kier molecular flexibility index (Phi) is 4.68. The number of anilines is 2. The largest absolute Gasteiger partial charge is 0.329 e. The highest BCUT2D eigenvalue weighted by molar-refractivity contribution is 5.64. The maximum absolute atomic E-state index is 6.16. The molecule has 0 bridgehead atoms. The lowest BCUT2D eigenvalue weighted by atomic mass is 10.0. The molecule has 2 rings (SSSR count). The summed E-state index contributed by atoms with van der Waals surface area (Å²) in [6.07, 6.45) is 1.84. The van der Waals surface area contributed by atoms with Crippen molar-refractivity contribution in [2.75, 3.05) is 11.9 Å². The lowest BCUT2D eigenvalue weighted by Gasteiger charge is -2.22. The first kappa shape index (κ1) is 15.6. The molecule has 2 N–H and O–H groups in total. The Labute approximate surface area is 127 Å². The highest BCUT2D eigenvalue weighted by Gasteiger charge is 2.19. The van der Waals surface area contributed by atoms with Gasteiger partial charge in [-0.05, 0) is 44.4 Å². The Bertz CT molecular complexity index is 615. The zero-order valence-corrected chi connectivity index (χ0v) is 13.7. The molecule has 21 heavy (non-hydrogen) atoms. The predicted octanol–water partition coefficient (Wildman–Crippen LogP) is 3.08. The summed E-state index contributed by atoms with van der Waals surface area (Å²) in [5, 5.41) is 4.59. The van der Waals surface area contributed by atoms with E-state index in [0.29, 0.717) is 0 Å². The third kappa shape index (κ3) is 3.27. The van der Waals surface area contributed by atoms with Crippen LogP contribution >= 0.6 is 0 Å². The number of nitrogens with two attached hydrogens (primary N) is 1. The molecule has 2 aromatic rings. The fraction of sp³-hybridized carbons (Fsp3) is 0.471. The van der Waals surface area contributed by atoms with Gasteiger partial charge in [0.1, 0.15) is 5.82 Å². The molecule has 1 atom stereocenters. The zero-order valence-electron chi connectivity index (χ0n) is 13.7. The van der Waals surface area contributed by atoms with Gasteiger partial charge in [0.05, 0.1) is 5.69 Å². The van der Waals surface area contributed by atoms with Gasteiger partial charge < -0.3 is 10.6 Å². The number of rotatable bonds is 5. The molecule has 0 radical (unpaired) electrons. The molecule has 1 heterocycles. The Morgan fingerprint density at radius 3 is 2.67 bits per heavy atom. The zero-order chi connectivity index (χ0) is 15.6. The molecule has 114 valence electrons. The minimum atomic E-state index is 0.178. The molecule has 0 saturated heterocycles. The summed E-state index contributed by atoms with van der Waals surface area (Å²) >= 11 is 0. The molecule has 1 unspecified atom stereocenters. The molecule has 1 aromatic heterocycles. The molecule has 4 nitrogen and oxygen atoms in total. The predicted molar refractivity (Wildman–Crippen MR) is 89.2 cm³/mol. The molecule has 0 saturated carbocycles. The summed E-state index contributed by atoms with van der Waals surface area (Å²) < 4.78 is 1.95. The second kappa shape index (κ2) is 6.31. The highest BCUT2D eigenvalue weighted by atomic mass is 15.4. The van der Waals surface area contributed by atoms with Crippen molar-refractivity contribution in [1.82, 2.24) is 9.78 Å². The van der Waals surface area contributed by atoms with Crippen molar-refractivity contribution in [2.24, 2.45) is 12.8 Å². The SMILES string of the molecule is CCC(N)Cc1c(C)nn(C)c1N(C)c1cccc(C)c1. The smallest absolute Gasteiger partial charge is 0.134 e. The van der Waals surface area contributed by atoms with Gasteiger partial charge in [0, 0.05) is 31.4 Å². The van der Waals surface area contributed by atoms with Crippen LogP contribution in [0.4, 0.5) is 11.5 Å². The molecule has 0 aliphatic rings. The number of aromatic nitrogens is 2. The molecule has 0 spiro atoms. The van der Waals surface area contributed by atoms with E-state index in [2.05, 4.69) is 62.1 Å². The molecule has 4 heteroatoms. The van der Waals surface area contributed by atoms with E-state index in [-0.39, 0.29) is 6.04 Å². The molecule has 0 fully saturated rings. The molecule has 0 amide bonds. The lowest BCUT2D eigenvalue weighted by molar-refractivity contribution is 0.644. The second-order valence-electron chi connectivity index (χ2n) is 5.78. The van der Waals surface area contributed by atoms with Crippen LogP contribution in [0.25, 0.3) is 0 Å². The second-order valence-corrected chi connectivity index (χ2v) is 5.78. The van der Waals surface area contributed by atoms with Gasteiger partial charge in [-0.15, -0.1) is 0 Å². The van der Waals surface area contributed by atoms with E-state index >= 15 is 0 Å². The fourth-order valence-corrected chi connectivity index (χ4v) is 2.71. The topological polar surface area (TPSA) is 47.1 Å². The van der Waals surface area contributed by atoms with Crippen LogP contribution in [-0.4, -0.2) is 22.9 Å². The fourth-order valence-electron chi connectivity index (χ4n) is 2.71. The van der Waals surface area contributed by atoms with Gasteiger partial charge in [0.15, 0.2) is 0 Å². The molecule has 0 aliphatic heterocycles. The monoisotopic (exact) mass is 286 g/mol. The lowest BCUT2D eigenvalue weighted by Crippen LogP contribution is -2.23. The minimum absolute atomic E-state index is 0.178. The number of aryl methyl sites for hydroxylation is 3. The van der Waals surface area contributed by atoms with Gasteiger partial charge >= 0.3 is 0 Å². The molecule has 0 aliphatic carbocycles. The number of hydrogen-bond donors (Lipinski definition) is 1. The normalized spacial score (nSPS) is 12.5. The van der Waals surface area contributed by atoms with Crippen molar-refractivity contribution >= 4 is 11.5 Å². The van der Waals surface area contributed by atoms with Crippen molar-refractivity contribution in [3.05, 3.63) is 41.1 Å². The van der Waals surface area contributed by atoms with Crippen LogP contribution in [0, 0.1) is 13.8 Å². The summed E-state index contributed by atoms with van der Waals surface area (Å²) in [5.41, 5.74) is 10.9. The van der Waals surface area contributed by atoms with E-state index in [1.54, 1.807) is 0 Å². The van der Waals surface area contributed by atoms with E-state index in [4.69, 9.17) is 5.73 Å². The Balaban J connectivity index is 2.42. The van der Waals surface area contributed by atoms with Gasteiger partial charge in [-0.2, -0.15) is 5.10 Å². The maximum atomic E-state index is 6.16. The van der Waals surface area contributed by atoms with E-state index < -0.39 is 0 Å². The molecule has 1 aromatic carbocycles. The first-order valence-corrected chi connectivity index (χ1v) is 7.52. The van der Waals surface area contributed by atoms with Gasteiger partial charge in [0.2, 0.25) is 0 Å². The van der Waals surface area contributed by atoms with E-state index in [9.17, 15) is 0 Å². The summed E-state index contributed by atoms with van der Waals surface area (Å²) in [4.78, 5) is 2.20. The van der Waals surface area contributed by atoms with Gasteiger partial charge in [-0.1, -0.05) is 19.1 Å². The van der Waals surface area contributed by atoms with E-state index in [1.165, 1.54) is 16.8 Å². The number of benzene rings is 1. The van der Waals surface area contributed by atoms with Gasteiger partial charge in [0.25, 0.3) is 0 Å². The Morgan fingerprint density at radius 2 is 2.05 bits per heavy atom. The summed E-state index contributed by atoms with van der Waals surface area (Å²) in [6, 6.07) is 8.68. The number of hydrogen-bond acceptors (Lipinski definition) is 3. The van der Waals surface area contributed by atoms with Crippen molar-refractivity contribution in [3.8, 4) is 0 Å². The van der Waals surface area contributed by atoms with E-state index in [1.807, 2.05) is 11.7 Å². The van der Waals surface area contributed by atoms with Gasteiger partial charge in [-0.3, -0.25) is 4.68 Å². The van der Waals surface area contributed by atoms with Crippen LogP contribution in [0.3, 0.4) is 0 Å². The first-order valence-electron chi connectivity index (χ1n) is 7.52. The maximum Gasteiger partial charge on any atom is 0.134 e. The van der Waals surface area contributed by atoms with Crippen molar-refractivity contribution in [2.45, 2.75) is 39.7 Å². The Morgan fingerprint density at radius 1 is 1.33 bits per heavy atom. The van der Waals surface area contributed by atoms with Crippen LogP contribution in [0.15, 0.2) is 24.3 Å². The van der Waals surface area contributed by atoms with Crippen LogP contribution in [0.2, 0.25) is 0 Å². The van der Waals surface area contributed by atoms with Crippen molar-refractivity contribution in [1.29, 1.82) is 0 Å². The van der Waals surface area contributed by atoms with Crippen LogP contribution in [0.5, 0.6) is 0 Å². The summed E-state index contributed by atoms with van der Waals surface area (Å²) in [5.74, 6) is 1.13. The summed E-state index contributed by atoms with van der Waals surface area (Å²) in [6.45, 7) is 6.30. The van der Waals surface area contributed by atoms with Crippen LogP contribution in [0.1, 0.15) is 30.2 Å². The molecular weight excluding hydrogens is 260 g/mol. The van der Waals surface area contributed by atoms with Crippen molar-refractivity contribution in [3.63, 3.8) is 0 Å². The first-order chi connectivity index (χ1) is 9.93. The highest BCUT2D eigenvalue weighted by Crippen LogP contribution is 2.30. The summed E-state index contributed by atoms with van der Waals surface area (Å²) in [7, 11) is 4.09. The minimum Gasteiger partial charge on any atom is -0.329 e. The number of nitrogens with zero attached hydrogens (tertiary/aromatic N) is 3. The van der Waals surface area contributed by atoms with E-state index in [0.717, 1.165) is 24.4 Å². The average molecular weight is 286 g/mol. The van der Waals surface area contributed by atoms with Crippen LogP contribution < -0.4 is 10.6 Å². The van der Waals surface area contributed by atoms with Crippen LogP contribution in [-0.2, 0) is 13.5 Å². The third-order valence-electron chi connectivity index (χ3n) is 4.01. The molecular formula is C17H26N4. The van der Waals surface area contributed by atoms with Gasteiger partial charge in [-0.25, -0.2) is 0 Å². The Hall–Kier alpha value is -1.81. The standard InChI is InChI=1S/C17H26N4/c1-6-14(18)11-16-13(3)19-21(5)17(16)20(4)15-9-7-8-12(2)10-15/h7-10,14H,6,11,18H2,1-5H3. The average Bonchev–Trinajstić information content (AvgIpc) is 2.72. The quantitative estimate of drug-likeness (QED) is 0.919. The third-order valence-corrected chi connectivity index (χ3v) is 4.01. The van der Waals surface area contributed by atoms with Crippen molar-refractivity contribution < 1.29 is 0 Å².